The van der Waals surface area contributed by atoms with E-state index in [-0.39, 0.29) is 23.8 Å². The highest BCUT2D eigenvalue weighted by Gasteiger charge is 2.18. The molecule has 0 aliphatic rings. The molecule has 0 bridgehead atoms. The molecule has 0 amide bonds. The van der Waals surface area contributed by atoms with Crippen LogP contribution in [0, 0.1) is 10.1 Å². The number of ketones is 1. The molecule has 7 nitrogen and oxygen atoms in total. The normalized spacial score (nSPS) is 10.0. The molecule has 23 heavy (non-hydrogen) atoms. The number of hydrogen-bond donors (Lipinski definition) is 0. The fourth-order valence-corrected chi connectivity index (χ4v) is 1.98. The standard InChI is InChI=1S/C16H15NO6/c1-21-11-7-8-12(16(9-11)22-2)14(18)10-23-15-6-4-3-5-13(15)17(19)20/h3-9H,10H2,1-2H3. The van der Waals surface area contributed by atoms with E-state index in [1.165, 1.54) is 32.4 Å². The van der Waals surface area contributed by atoms with Gasteiger partial charge in [-0.3, -0.25) is 14.9 Å². The predicted molar refractivity (Wildman–Crippen MR) is 82.5 cm³/mol. The predicted octanol–water partition coefficient (Wildman–Crippen LogP) is 2.87. The van der Waals surface area contributed by atoms with Crippen LogP contribution >= 0.6 is 0 Å². The summed E-state index contributed by atoms with van der Waals surface area (Å²) in [5.74, 6) is 0.583. The summed E-state index contributed by atoms with van der Waals surface area (Å²) in [7, 11) is 2.95. The Bertz CT molecular complexity index is 728. The fraction of sp³-hybridized carbons (Fsp3) is 0.188. The average Bonchev–Trinajstić information content (AvgIpc) is 2.59. The van der Waals surface area contributed by atoms with Crippen molar-refractivity contribution in [2.45, 2.75) is 0 Å². The molecule has 0 N–H and O–H groups in total. The molecule has 0 saturated heterocycles. The maximum Gasteiger partial charge on any atom is 0.310 e. The van der Waals surface area contributed by atoms with Crippen LogP contribution in [0.25, 0.3) is 0 Å². The lowest BCUT2D eigenvalue weighted by molar-refractivity contribution is -0.385. The highest BCUT2D eigenvalue weighted by atomic mass is 16.6. The maximum absolute atomic E-state index is 12.3. The Kier molecular flexibility index (Phi) is 5.14. The molecule has 120 valence electrons. The van der Waals surface area contributed by atoms with Crippen LogP contribution in [0.15, 0.2) is 42.5 Å². The Hall–Kier alpha value is -3.09. The summed E-state index contributed by atoms with van der Waals surface area (Å²) >= 11 is 0. The summed E-state index contributed by atoms with van der Waals surface area (Å²) in [6.45, 7) is -0.340. The number of methoxy groups -OCH3 is 2. The number of nitro groups is 1. The number of Topliss-reactive ketones (excluding diaryl/α,β-unsaturated/α-hetero) is 1. The fourth-order valence-electron chi connectivity index (χ4n) is 1.98. The van der Waals surface area contributed by atoms with Crippen molar-refractivity contribution in [3.63, 3.8) is 0 Å². The third kappa shape index (κ3) is 3.76. The monoisotopic (exact) mass is 317 g/mol. The molecule has 7 heteroatoms. The molecule has 0 saturated carbocycles. The Labute approximate surface area is 132 Å². The molecular formula is C16H15NO6. The maximum atomic E-state index is 12.3. The number of nitro benzene ring substituents is 1. The van der Waals surface area contributed by atoms with E-state index in [0.29, 0.717) is 17.1 Å². The van der Waals surface area contributed by atoms with E-state index < -0.39 is 4.92 Å². The summed E-state index contributed by atoms with van der Waals surface area (Å²) in [6.07, 6.45) is 0. The molecule has 0 spiro atoms. The summed E-state index contributed by atoms with van der Waals surface area (Å²) < 4.78 is 15.5. The van der Waals surface area contributed by atoms with Crippen LogP contribution in [-0.4, -0.2) is 31.5 Å². The van der Waals surface area contributed by atoms with E-state index in [1.54, 1.807) is 24.3 Å². The smallest absolute Gasteiger partial charge is 0.310 e. The molecule has 0 atom stereocenters. The highest BCUT2D eigenvalue weighted by Crippen LogP contribution is 2.28. The number of nitrogens with zero attached hydrogens (tertiary/aromatic N) is 1. The minimum absolute atomic E-state index is 0.0401. The number of para-hydroxylation sites is 2. The lowest BCUT2D eigenvalue weighted by Gasteiger charge is -2.10. The lowest BCUT2D eigenvalue weighted by atomic mass is 10.1. The molecule has 0 aromatic heterocycles. The largest absolute Gasteiger partial charge is 0.497 e. The van der Waals surface area contributed by atoms with Crippen molar-refractivity contribution >= 4 is 11.5 Å². The van der Waals surface area contributed by atoms with Crippen molar-refractivity contribution < 1.29 is 23.9 Å². The lowest BCUT2D eigenvalue weighted by Crippen LogP contribution is -2.13. The van der Waals surface area contributed by atoms with Gasteiger partial charge in [0, 0.05) is 12.1 Å². The molecule has 0 aliphatic carbocycles. The second-order valence-electron chi connectivity index (χ2n) is 4.50. The van der Waals surface area contributed by atoms with Gasteiger partial charge in [0.1, 0.15) is 11.5 Å². The molecule has 0 aliphatic heterocycles. The molecular weight excluding hydrogens is 302 g/mol. The van der Waals surface area contributed by atoms with E-state index in [9.17, 15) is 14.9 Å². The molecule has 0 fully saturated rings. The molecule has 0 heterocycles. The van der Waals surface area contributed by atoms with Gasteiger partial charge >= 0.3 is 5.69 Å². The summed E-state index contributed by atoms with van der Waals surface area (Å²) in [4.78, 5) is 22.6. The first-order chi connectivity index (χ1) is 11.1. The topological polar surface area (TPSA) is 87.9 Å². The second kappa shape index (κ2) is 7.26. The number of hydrogen-bond acceptors (Lipinski definition) is 6. The Balaban J connectivity index is 2.16. The van der Waals surface area contributed by atoms with Crippen LogP contribution in [0.3, 0.4) is 0 Å². The van der Waals surface area contributed by atoms with Crippen LogP contribution in [0.4, 0.5) is 5.69 Å². The third-order valence-electron chi connectivity index (χ3n) is 3.13. The van der Waals surface area contributed by atoms with Crippen molar-refractivity contribution in [2.75, 3.05) is 20.8 Å². The first-order valence-electron chi connectivity index (χ1n) is 6.68. The third-order valence-corrected chi connectivity index (χ3v) is 3.13. The zero-order valence-corrected chi connectivity index (χ0v) is 12.6. The van der Waals surface area contributed by atoms with Gasteiger partial charge in [-0.1, -0.05) is 12.1 Å². The van der Waals surface area contributed by atoms with Gasteiger partial charge < -0.3 is 14.2 Å². The molecule has 2 aromatic rings. The van der Waals surface area contributed by atoms with Gasteiger partial charge in [-0.25, -0.2) is 0 Å². The average molecular weight is 317 g/mol. The van der Waals surface area contributed by atoms with Crippen LogP contribution in [-0.2, 0) is 0 Å². The first kappa shape index (κ1) is 16.3. The van der Waals surface area contributed by atoms with Gasteiger partial charge in [0.15, 0.2) is 12.4 Å². The summed E-state index contributed by atoms with van der Waals surface area (Å²) in [5, 5.41) is 10.9. The number of carbonyl (C=O) groups excluding carboxylic acids is 1. The molecule has 2 rings (SSSR count). The van der Waals surface area contributed by atoms with Crippen molar-refractivity contribution in [3.8, 4) is 17.2 Å². The van der Waals surface area contributed by atoms with Gasteiger partial charge in [0.2, 0.25) is 5.78 Å². The minimum atomic E-state index is -0.562. The zero-order valence-electron chi connectivity index (χ0n) is 12.6. The van der Waals surface area contributed by atoms with Gasteiger partial charge in [0.25, 0.3) is 0 Å². The Morgan fingerprint density at radius 3 is 2.48 bits per heavy atom. The van der Waals surface area contributed by atoms with Gasteiger partial charge in [-0.05, 0) is 18.2 Å². The van der Waals surface area contributed by atoms with Crippen LogP contribution in [0.1, 0.15) is 10.4 Å². The number of rotatable bonds is 7. The first-order valence-corrected chi connectivity index (χ1v) is 6.68. The second-order valence-corrected chi connectivity index (χ2v) is 4.50. The van der Waals surface area contributed by atoms with Crippen molar-refractivity contribution in [2.24, 2.45) is 0 Å². The number of benzene rings is 2. The zero-order chi connectivity index (χ0) is 16.8. The minimum Gasteiger partial charge on any atom is -0.497 e. The molecule has 2 aromatic carbocycles. The van der Waals surface area contributed by atoms with Gasteiger partial charge in [0.05, 0.1) is 24.7 Å². The van der Waals surface area contributed by atoms with E-state index in [1.807, 2.05) is 0 Å². The van der Waals surface area contributed by atoms with Gasteiger partial charge in [-0.2, -0.15) is 0 Å². The summed E-state index contributed by atoms with van der Waals surface area (Å²) in [6, 6.07) is 10.6. The van der Waals surface area contributed by atoms with Crippen molar-refractivity contribution in [1.29, 1.82) is 0 Å². The summed E-state index contributed by atoms with van der Waals surface area (Å²) in [5.41, 5.74) is 0.119. The van der Waals surface area contributed by atoms with Crippen LogP contribution in [0.5, 0.6) is 17.2 Å². The number of ether oxygens (including phenoxy) is 3. The van der Waals surface area contributed by atoms with Crippen LogP contribution in [0.2, 0.25) is 0 Å². The van der Waals surface area contributed by atoms with E-state index >= 15 is 0 Å². The van der Waals surface area contributed by atoms with E-state index in [2.05, 4.69) is 0 Å². The quantitative estimate of drug-likeness (QED) is 0.443. The van der Waals surface area contributed by atoms with Crippen molar-refractivity contribution in [3.05, 3.63) is 58.1 Å². The van der Waals surface area contributed by atoms with Gasteiger partial charge in [-0.15, -0.1) is 0 Å². The Morgan fingerprint density at radius 2 is 1.83 bits per heavy atom. The van der Waals surface area contributed by atoms with Crippen molar-refractivity contribution in [1.82, 2.24) is 0 Å². The number of carbonyl (C=O) groups is 1. The van der Waals surface area contributed by atoms with Crippen LogP contribution < -0.4 is 14.2 Å². The SMILES string of the molecule is COc1ccc(C(=O)COc2ccccc2[N+](=O)[O-])c(OC)c1. The molecule has 0 unspecified atom stereocenters. The van der Waals surface area contributed by atoms with E-state index in [4.69, 9.17) is 14.2 Å². The Morgan fingerprint density at radius 1 is 1.09 bits per heavy atom. The molecule has 0 radical (unpaired) electrons. The highest BCUT2D eigenvalue weighted by molar-refractivity contribution is 6.00. The van der Waals surface area contributed by atoms with E-state index in [0.717, 1.165) is 0 Å².